The molecule has 2 heterocycles. The molecule has 1 aromatic heterocycles. The number of aromatic hydroxyl groups is 1. The highest BCUT2D eigenvalue weighted by Gasteiger charge is 2.23. The number of para-hydroxylation sites is 1. The number of nitrogens with zero attached hydrogens (tertiary/aromatic N) is 4. The normalized spacial score (nSPS) is 14.9. The Morgan fingerprint density at radius 3 is 2.84 bits per heavy atom. The van der Waals surface area contributed by atoms with E-state index in [0.717, 1.165) is 11.8 Å². The van der Waals surface area contributed by atoms with E-state index in [4.69, 9.17) is 0 Å². The lowest BCUT2D eigenvalue weighted by Gasteiger charge is -2.28. The fourth-order valence-electron chi connectivity index (χ4n) is 2.76. The average molecular weight is 364 g/mol. The molecule has 9 nitrogen and oxygen atoms in total. The molecule has 0 spiro atoms. The van der Waals surface area contributed by atoms with Crippen LogP contribution in [0.25, 0.3) is 0 Å². The summed E-state index contributed by atoms with van der Waals surface area (Å²) in [6.07, 6.45) is 3.10. The van der Waals surface area contributed by atoms with E-state index < -0.39 is 14.8 Å². The van der Waals surface area contributed by atoms with Gasteiger partial charge in [0.25, 0.3) is 0 Å². The van der Waals surface area contributed by atoms with Crippen LogP contribution in [0.1, 0.15) is 16.8 Å². The SMILES string of the molecule is CS(=O)(=O)c1ncc2c(n1)CCN(Cc1cccc([N+](=O)[O-])c1O)C2. The summed E-state index contributed by atoms with van der Waals surface area (Å²) in [6, 6.07) is 4.43. The topological polar surface area (TPSA) is 127 Å². The van der Waals surface area contributed by atoms with Crippen LogP contribution in [0.3, 0.4) is 0 Å². The Morgan fingerprint density at radius 2 is 2.16 bits per heavy atom. The molecule has 132 valence electrons. The van der Waals surface area contributed by atoms with Crippen LogP contribution in [0.2, 0.25) is 0 Å². The summed E-state index contributed by atoms with van der Waals surface area (Å²) in [7, 11) is -3.45. The van der Waals surface area contributed by atoms with Gasteiger partial charge >= 0.3 is 5.69 Å². The van der Waals surface area contributed by atoms with Crippen LogP contribution in [0.15, 0.2) is 29.6 Å². The van der Waals surface area contributed by atoms with Crippen molar-refractivity contribution in [2.24, 2.45) is 0 Å². The van der Waals surface area contributed by atoms with Gasteiger partial charge < -0.3 is 5.11 Å². The maximum Gasteiger partial charge on any atom is 0.311 e. The molecule has 10 heteroatoms. The number of fused-ring (bicyclic) bond motifs is 1. The average Bonchev–Trinajstić information content (AvgIpc) is 2.55. The summed E-state index contributed by atoms with van der Waals surface area (Å²) in [5.41, 5.74) is 1.64. The molecule has 1 aliphatic rings. The second kappa shape index (κ2) is 6.37. The summed E-state index contributed by atoms with van der Waals surface area (Å²) in [4.78, 5) is 20.3. The zero-order chi connectivity index (χ0) is 18.2. The Morgan fingerprint density at radius 1 is 1.40 bits per heavy atom. The monoisotopic (exact) mass is 364 g/mol. The van der Waals surface area contributed by atoms with E-state index in [1.807, 2.05) is 4.90 Å². The van der Waals surface area contributed by atoms with Gasteiger partial charge in [0, 0.05) is 55.7 Å². The molecule has 1 aromatic carbocycles. The Labute approximate surface area is 144 Å². The minimum absolute atomic E-state index is 0.184. The number of sulfone groups is 1. The number of nitro groups is 1. The molecule has 1 N–H and O–H groups in total. The smallest absolute Gasteiger partial charge is 0.311 e. The Balaban J connectivity index is 1.80. The molecule has 0 amide bonds. The molecule has 3 rings (SSSR count). The Kier molecular flexibility index (Phi) is 4.39. The van der Waals surface area contributed by atoms with E-state index in [2.05, 4.69) is 9.97 Å². The van der Waals surface area contributed by atoms with E-state index >= 15 is 0 Å². The molecule has 0 atom stereocenters. The lowest BCUT2D eigenvalue weighted by molar-refractivity contribution is -0.385. The molecule has 2 aromatic rings. The molecule has 25 heavy (non-hydrogen) atoms. The van der Waals surface area contributed by atoms with Crippen molar-refractivity contribution < 1.29 is 18.4 Å². The molecule has 0 saturated carbocycles. The van der Waals surface area contributed by atoms with Gasteiger partial charge in [-0.3, -0.25) is 15.0 Å². The van der Waals surface area contributed by atoms with Gasteiger partial charge in [-0.05, 0) is 0 Å². The van der Waals surface area contributed by atoms with E-state index in [1.165, 1.54) is 18.3 Å². The summed E-state index contributed by atoms with van der Waals surface area (Å²) in [5, 5.41) is 20.8. The maximum absolute atomic E-state index is 11.5. The standard InChI is InChI=1S/C15H16N4O5S/c1-25(23,24)15-16-7-11-9-18(6-5-12(11)17-15)8-10-3-2-4-13(14(10)20)19(21)22/h2-4,7,20H,5-6,8-9H2,1H3. The molecule has 0 radical (unpaired) electrons. The highest BCUT2D eigenvalue weighted by atomic mass is 32.2. The van der Waals surface area contributed by atoms with Crippen molar-refractivity contribution in [1.82, 2.24) is 14.9 Å². The summed E-state index contributed by atoms with van der Waals surface area (Å²) in [6.45, 7) is 1.40. The van der Waals surface area contributed by atoms with Crippen LogP contribution in [-0.2, 0) is 29.3 Å². The largest absolute Gasteiger partial charge is 0.502 e. The number of benzene rings is 1. The fraction of sp³-hybridized carbons (Fsp3) is 0.333. The van der Waals surface area contributed by atoms with Crippen LogP contribution in [0, 0.1) is 10.1 Å². The molecular formula is C15H16N4O5S. The van der Waals surface area contributed by atoms with Crippen molar-refractivity contribution >= 4 is 15.5 Å². The van der Waals surface area contributed by atoms with Crippen molar-refractivity contribution in [2.75, 3.05) is 12.8 Å². The van der Waals surface area contributed by atoms with Crippen LogP contribution in [0.5, 0.6) is 5.75 Å². The van der Waals surface area contributed by atoms with Crippen molar-refractivity contribution in [2.45, 2.75) is 24.7 Å². The van der Waals surface area contributed by atoms with Gasteiger partial charge in [-0.1, -0.05) is 12.1 Å². The number of hydrogen-bond acceptors (Lipinski definition) is 8. The predicted molar refractivity (Wildman–Crippen MR) is 87.7 cm³/mol. The first-order chi connectivity index (χ1) is 11.8. The molecule has 0 unspecified atom stereocenters. The van der Waals surface area contributed by atoms with Crippen LogP contribution < -0.4 is 0 Å². The molecule has 0 aliphatic carbocycles. The summed E-state index contributed by atoms with van der Waals surface area (Å²) >= 11 is 0. The van der Waals surface area contributed by atoms with Gasteiger partial charge in [0.2, 0.25) is 15.0 Å². The lowest BCUT2D eigenvalue weighted by Crippen LogP contribution is -2.31. The van der Waals surface area contributed by atoms with E-state index in [9.17, 15) is 23.6 Å². The number of aromatic nitrogens is 2. The second-order valence-electron chi connectivity index (χ2n) is 5.90. The van der Waals surface area contributed by atoms with Gasteiger partial charge in [0.15, 0.2) is 5.75 Å². The van der Waals surface area contributed by atoms with Crippen LogP contribution in [0.4, 0.5) is 5.69 Å². The van der Waals surface area contributed by atoms with Crippen molar-refractivity contribution in [3.8, 4) is 5.75 Å². The maximum atomic E-state index is 11.5. The molecule has 0 saturated heterocycles. The van der Waals surface area contributed by atoms with E-state index in [0.29, 0.717) is 37.3 Å². The predicted octanol–water partition coefficient (Wildman–Crippen LogP) is 1.05. The Hall–Kier alpha value is -2.59. The third-order valence-electron chi connectivity index (χ3n) is 4.01. The highest BCUT2D eigenvalue weighted by molar-refractivity contribution is 7.90. The van der Waals surface area contributed by atoms with E-state index in [-0.39, 0.29) is 16.6 Å². The first-order valence-electron chi connectivity index (χ1n) is 7.48. The zero-order valence-electron chi connectivity index (χ0n) is 13.4. The Bertz CT molecular complexity index is 945. The molecule has 0 bridgehead atoms. The van der Waals surface area contributed by atoms with Gasteiger partial charge in [-0.15, -0.1) is 0 Å². The fourth-order valence-corrected chi connectivity index (χ4v) is 3.28. The van der Waals surface area contributed by atoms with Crippen LogP contribution >= 0.6 is 0 Å². The summed E-state index contributed by atoms with van der Waals surface area (Å²) in [5.74, 6) is -0.332. The molecule has 1 aliphatic heterocycles. The third-order valence-corrected chi connectivity index (χ3v) is 4.87. The van der Waals surface area contributed by atoms with Gasteiger partial charge in [-0.25, -0.2) is 18.4 Å². The zero-order valence-corrected chi connectivity index (χ0v) is 14.2. The van der Waals surface area contributed by atoms with Crippen LogP contribution in [-0.4, -0.2) is 46.1 Å². The van der Waals surface area contributed by atoms with E-state index in [1.54, 1.807) is 6.07 Å². The minimum atomic E-state index is -3.45. The number of phenolic OH excluding ortho intramolecular Hbond substituents is 1. The first-order valence-corrected chi connectivity index (χ1v) is 9.37. The number of nitro benzene ring substituents is 1. The second-order valence-corrected chi connectivity index (χ2v) is 7.81. The number of hydrogen-bond donors (Lipinski definition) is 1. The van der Waals surface area contributed by atoms with Crippen molar-refractivity contribution in [3.63, 3.8) is 0 Å². The van der Waals surface area contributed by atoms with Crippen molar-refractivity contribution in [3.05, 3.63) is 51.3 Å². The lowest BCUT2D eigenvalue weighted by atomic mass is 10.1. The third kappa shape index (κ3) is 3.59. The van der Waals surface area contributed by atoms with Gasteiger partial charge in [0.1, 0.15) is 0 Å². The number of phenols is 1. The highest BCUT2D eigenvalue weighted by Crippen LogP contribution is 2.31. The van der Waals surface area contributed by atoms with Gasteiger partial charge in [-0.2, -0.15) is 0 Å². The first kappa shape index (κ1) is 17.2. The van der Waals surface area contributed by atoms with Gasteiger partial charge in [0.05, 0.1) is 10.6 Å². The number of rotatable bonds is 4. The van der Waals surface area contributed by atoms with Crippen molar-refractivity contribution in [1.29, 1.82) is 0 Å². The molecular weight excluding hydrogens is 348 g/mol. The molecule has 0 fully saturated rings. The quantitative estimate of drug-likeness (QED) is 0.484. The summed E-state index contributed by atoms with van der Waals surface area (Å²) < 4.78 is 23.1. The minimum Gasteiger partial charge on any atom is -0.502 e.